The summed E-state index contributed by atoms with van der Waals surface area (Å²) < 4.78 is 5.08. The largest absolute Gasteiger partial charge is 0.497 e. The van der Waals surface area contributed by atoms with Crippen molar-refractivity contribution in [1.29, 1.82) is 0 Å². The maximum atomic E-state index is 10.1. The highest BCUT2D eigenvalue weighted by atomic mass is 16.5. The zero-order valence-electron chi connectivity index (χ0n) is 12.7. The number of benzene rings is 1. The van der Waals surface area contributed by atoms with Gasteiger partial charge in [0.25, 0.3) is 0 Å². The van der Waals surface area contributed by atoms with E-state index in [0.29, 0.717) is 6.42 Å². The van der Waals surface area contributed by atoms with Gasteiger partial charge < -0.3 is 14.9 Å². The van der Waals surface area contributed by atoms with Crippen molar-refractivity contribution in [3.05, 3.63) is 29.8 Å². The minimum Gasteiger partial charge on any atom is -0.497 e. The van der Waals surface area contributed by atoms with E-state index >= 15 is 0 Å². The molecule has 0 saturated carbocycles. The summed E-state index contributed by atoms with van der Waals surface area (Å²) in [5.41, 5.74) is 0.740. The van der Waals surface area contributed by atoms with Gasteiger partial charge in [-0.1, -0.05) is 65.0 Å². The lowest BCUT2D eigenvalue weighted by Gasteiger charge is -2.18. The average Bonchev–Trinajstić information content (AvgIpc) is 2.50. The van der Waals surface area contributed by atoms with E-state index in [4.69, 9.17) is 4.74 Å². The molecule has 0 unspecified atom stereocenters. The van der Waals surface area contributed by atoms with Crippen LogP contribution in [0.5, 0.6) is 5.75 Å². The minimum atomic E-state index is -0.809. The van der Waals surface area contributed by atoms with E-state index in [1.807, 2.05) is 0 Å². The highest BCUT2D eigenvalue weighted by Gasteiger charge is 2.17. The molecule has 0 heterocycles. The predicted octanol–water partition coefficient (Wildman–Crippen LogP) is 4.48. The molecule has 1 aromatic rings. The molecule has 21 heavy (non-hydrogen) atoms. The molecule has 0 bridgehead atoms. The maximum Gasteiger partial charge on any atom is 0.118 e. The van der Waals surface area contributed by atoms with Crippen molar-refractivity contribution in [3.63, 3.8) is 0 Å². The van der Waals surface area contributed by atoms with Gasteiger partial charge in [-0.3, -0.25) is 0 Å². The Morgan fingerprint density at radius 2 is 1.52 bits per heavy atom. The third-order valence-electron chi connectivity index (χ3n) is 3.68. The molecule has 0 radical (unpaired) electrons. The summed E-state index contributed by atoms with van der Waals surface area (Å²) in [5, 5.41) is 20.1. The summed E-state index contributed by atoms with van der Waals surface area (Å²) in [4.78, 5) is 0. The Labute approximate surface area is 130 Å². The Bertz CT molecular complexity index is 348. The molecule has 1 rings (SSSR count). The number of methoxy groups -OCH3 is 1. The molecule has 3 nitrogen and oxygen atoms in total. The zero-order chi connectivity index (χ0) is 14.8. The number of rotatable bonds is 10. The second-order valence-electron chi connectivity index (χ2n) is 5.34. The van der Waals surface area contributed by atoms with E-state index in [0.717, 1.165) is 24.2 Å². The predicted molar refractivity (Wildman–Crippen MR) is 88.7 cm³/mol. The molecule has 122 valence electrons. The Hall–Kier alpha value is -1.06. The SMILES string of the molecule is C.CCCCCCCC[C@@H](O)[C@H](O)c1ccc(OC)cc1. The number of hydrogen-bond donors (Lipinski definition) is 2. The van der Waals surface area contributed by atoms with Crippen LogP contribution in [0.25, 0.3) is 0 Å². The first-order chi connectivity index (χ1) is 9.69. The number of aliphatic hydroxyl groups is 2. The van der Waals surface area contributed by atoms with Crippen LogP contribution in [0.1, 0.15) is 71.0 Å². The summed E-state index contributed by atoms with van der Waals surface area (Å²) >= 11 is 0. The fraction of sp³-hybridized carbons (Fsp3) is 0.667. The molecular weight excluding hydrogens is 264 g/mol. The van der Waals surface area contributed by atoms with E-state index in [-0.39, 0.29) is 7.43 Å². The van der Waals surface area contributed by atoms with E-state index in [1.165, 1.54) is 25.7 Å². The maximum absolute atomic E-state index is 10.1. The molecule has 2 atom stereocenters. The highest BCUT2D eigenvalue weighted by Crippen LogP contribution is 2.23. The molecule has 2 N–H and O–H groups in total. The summed E-state index contributed by atoms with van der Waals surface area (Å²) in [6.45, 7) is 2.20. The number of unbranched alkanes of at least 4 members (excludes halogenated alkanes) is 5. The third-order valence-corrected chi connectivity index (χ3v) is 3.68. The molecule has 0 saturated heterocycles. The fourth-order valence-corrected chi connectivity index (χ4v) is 2.31. The second-order valence-corrected chi connectivity index (χ2v) is 5.34. The van der Waals surface area contributed by atoms with E-state index in [9.17, 15) is 10.2 Å². The Morgan fingerprint density at radius 3 is 2.10 bits per heavy atom. The van der Waals surface area contributed by atoms with Gasteiger partial charge in [0, 0.05) is 0 Å². The average molecular weight is 296 g/mol. The molecule has 0 aliphatic heterocycles. The zero-order valence-corrected chi connectivity index (χ0v) is 12.7. The minimum absolute atomic E-state index is 0. The van der Waals surface area contributed by atoms with Gasteiger partial charge in [-0.15, -0.1) is 0 Å². The van der Waals surface area contributed by atoms with Crippen molar-refractivity contribution in [2.24, 2.45) is 0 Å². The number of hydrogen-bond acceptors (Lipinski definition) is 3. The molecule has 0 amide bonds. The first-order valence-corrected chi connectivity index (χ1v) is 7.69. The van der Waals surface area contributed by atoms with Gasteiger partial charge in [-0.05, 0) is 24.1 Å². The van der Waals surface area contributed by atoms with Crippen LogP contribution < -0.4 is 4.74 Å². The van der Waals surface area contributed by atoms with E-state index < -0.39 is 12.2 Å². The second kappa shape index (κ2) is 11.6. The summed E-state index contributed by atoms with van der Waals surface area (Å²) in [6, 6.07) is 7.20. The Balaban J connectivity index is 0.00000400. The monoisotopic (exact) mass is 296 g/mol. The standard InChI is InChI=1S/C17H28O3.CH4/c1-3-4-5-6-7-8-9-16(18)17(19)14-10-12-15(20-2)13-11-14;/h10-13,16-19H,3-9H2,1-2H3;1H4/t16-,17-;/m1./s1. The smallest absolute Gasteiger partial charge is 0.118 e. The van der Waals surface area contributed by atoms with Crippen LogP contribution in [0.2, 0.25) is 0 Å². The first-order valence-electron chi connectivity index (χ1n) is 7.69. The lowest BCUT2D eigenvalue weighted by molar-refractivity contribution is 0.0119. The van der Waals surface area contributed by atoms with Gasteiger partial charge >= 0.3 is 0 Å². The molecule has 0 aliphatic rings. The Kier molecular flexibility index (Phi) is 11.0. The summed E-state index contributed by atoms with van der Waals surface area (Å²) in [7, 11) is 1.61. The topological polar surface area (TPSA) is 49.7 Å². The molecule has 3 heteroatoms. The van der Waals surface area contributed by atoms with Crippen LogP contribution in [-0.2, 0) is 0 Å². The third kappa shape index (κ3) is 7.49. The molecule has 0 aromatic heterocycles. The van der Waals surface area contributed by atoms with Gasteiger partial charge in [0.2, 0.25) is 0 Å². The van der Waals surface area contributed by atoms with Gasteiger partial charge in [0.15, 0.2) is 0 Å². The number of ether oxygens (including phenoxy) is 1. The summed E-state index contributed by atoms with van der Waals surface area (Å²) in [5.74, 6) is 0.756. The summed E-state index contributed by atoms with van der Waals surface area (Å²) in [6.07, 6.45) is 6.29. The van der Waals surface area contributed by atoms with E-state index in [2.05, 4.69) is 6.92 Å². The van der Waals surface area contributed by atoms with Crippen LogP contribution in [0.3, 0.4) is 0 Å². The molecule has 1 aromatic carbocycles. The Morgan fingerprint density at radius 1 is 0.952 bits per heavy atom. The van der Waals surface area contributed by atoms with Crippen molar-refractivity contribution in [3.8, 4) is 5.75 Å². The van der Waals surface area contributed by atoms with Gasteiger partial charge in [-0.2, -0.15) is 0 Å². The highest BCUT2D eigenvalue weighted by molar-refractivity contribution is 5.28. The van der Waals surface area contributed by atoms with Gasteiger partial charge in [0.05, 0.1) is 13.2 Å². The lowest BCUT2D eigenvalue weighted by atomic mass is 9.99. The van der Waals surface area contributed by atoms with Crippen LogP contribution >= 0.6 is 0 Å². The number of aliphatic hydroxyl groups excluding tert-OH is 2. The quantitative estimate of drug-likeness (QED) is 0.626. The molecule has 0 aliphatic carbocycles. The van der Waals surface area contributed by atoms with E-state index in [1.54, 1.807) is 31.4 Å². The fourth-order valence-electron chi connectivity index (χ4n) is 2.31. The molecule has 0 spiro atoms. The molecule has 0 fully saturated rings. The van der Waals surface area contributed by atoms with Gasteiger partial charge in [0.1, 0.15) is 11.9 Å². The van der Waals surface area contributed by atoms with Gasteiger partial charge in [-0.25, -0.2) is 0 Å². The van der Waals surface area contributed by atoms with Crippen LogP contribution in [-0.4, -0.2) is 23.4 Å². The van der Waals surface area contributed by atoms with Crippen molar-refractivity contribution in [1.82, 2.24) is 0 Å². The van der Waals surface area contributed by atoms with Crippen molar-refractivity contribution in [2.45, 2.75) is 71.5 Å². The van der Waals surface area contributed by atoms with Crippen LogP contribution in [0.4, 0.5) is 0 Å². The van der Waals surface area contributed by atoms with Crippen molar-refractivity contribution in [2.75, 3.05) is 7.11 Å². The lowest BCUT2D eigenvalue weighted by Crippen LogP contribution is -2.18. The first kappa shape index (κ1) is 19.9. The van der Waals surface area contributed by atoms with Crippen LogP contribution in [0, 0.1) is 0 Å². The van der Waals surface area contributed by atoms with Crippen LogP contribution in [0.15, 0.2) is 24.3 Å². The van der Waals surface area contributed by atoms with Crippen molar-refractivity contribution < 1.29 is 14.9 Å². The van der Waals surface area contributed by atoms with Crippen molar-refractivity contribution >= 4 is 0 Å². The normalized spacial score (nSPS) is 13.3. The molecular formula is C18H32O3.